The lowest BCUT2D eigenvalue weighted by Gasteiger charge is -2.39. The maximum atomic E-state index is 2.59. The van der Waals surface area contributed by atoms with Gasteiger partial charge in [-0.3, -0.25) is 0 Å². The first-order valence-electron chi connectivity index (χ1n) is 20.2. The van der Waals surface area contributed by atoms with E-state index in [-0.39, 0.29) is 6.04 Å². The van der Waals surface area contributed by atoms with Crippen LogP contribution in [0.15, 0.2) is 218 Å². The van der Waals surface area contributed by atoms with Crippen molar-refractivity contribution in [3.05, 3.63) is 223 Å². The van der Waals surface area contributed by atoms with Crippen LogP contribution in [0, 0.1) is 0 Å². The van der Waals surface area contributed by atoms with Crippen molar-refractivity contribution in [2.45, 2.75) is 12.5 Å². The van der Waals surface area contributed by atoms with Crippen molar-refractivity contribution in [1.82, 2.24) is 4.57 Å². The molecule has 0 N–H and O–H groups in total. The van der Waals surface area contributed by atoms with Gasteiger partial charge >= 0.3 is 0 Å². The molecule has 1 unspecified atom stereocenters. The fourth-order valence-electron chi connectivity index (χ4n) is 10.3. The van der Waals surface area contributed by atoms with Gasteiger partial charge in [0.15, 0.2) is 8.07 Å². The summed E-state index contributed by atoms with van der Waals surface area (Å²) in [7, 11) is -2.92. The van der Waals surface area contributed by atoms with Crippen molar-refractivity contribution in [3.63, 3.8) is 0 Å². The Hall–Kier alpha value is -6.72. The van der Waals surface area contributed by atoms with E-state index < -0.39 is 8.07 Å². The molecule has 12 rings (SSSR count). The molecule has 274 valence electrons. The molecule has 4 heteroatoms. The summed E-state index contributed by atoms with van der Waals surface area (Å²) in [6.45, 7) is 0. The quantitative estimate of drug-likeness (QED) is 0.121. The number of rotatable bonds is 6. The van der Waals surface area contributed by atoms with Crippen molar-refractivity contribution in [3.8, 4) is 5.69 Å². The summed E-state index contributed by atoms with van der Waals surface area (Å²) in [5.41, 5.74) is 8.97. The fourth-order valence-corrected chi connectivity index (χ4v) is 16.5. The van der Waals surface area contributed by atoms with E-state index in [0.29, 0.717) is 0 Å². The van der Waals surface area contributed by atoms with Gasteiger partial charge in [-0.15, -0.1) is 11.3 Å². The van der Waals surface area contributed by atoms with Crippen LogP contribution >= 0.6 is 11.3 Å². The Bertz CT molecular complexity index is 3210. The second-order valence-electron chi connectivity index (χ2n) is 15.5. The Morgan fingerprint density at radius 1 is 0.466 bits per heavy atom. The topological polar surface area (TPSA) is 8.17 Å². The van der Waals surface area contributed by atoms with Gasteiger partial charge < -0.3 is 9.47 Å². The molecular formula is C54H38N2SSi. The van der Waals surface area contributed by atoms with E-state index in [2.05, 4.69) is 222 Å². The summed E-state index contributed by atoms with van der Waals surface area (Å²) >= 11 is 1.89. The highest BCUT2D eigenvalue weighted by Crippen LogP contribution is 2.50. The second-order valence-corrected chi connectivity index (χ2v) is 20.4. The third-order valence-electron chi connectivity index (χ3n) is 12.6. The number of hydrogen-bond donors (Lipinski definition) is 0. The van der Waals surface area contributed by atoms with Gasteiger partial charge in [0.2, 0.25) is 0 Å². The third-order valence-corrected chi connectivity index (χ3v) is 18.6. The molecule has 10 aromatic rings. The third kappa shape index (κ3) is 4.76. The molecule has 2 aliphatic rings. The van der Waals surface area contributed by atoms with Gasteiger partial charge in [-0.2, -0.15) is 0 Å². The maximum absolute atomic E-state index is 2.92. The molecule has 3 heterocycles. The Morgan fingerprint density at radius 3 is 1.84 bits per heavy atom. The molecule has 0 saturated heterocycles. The Labute approximate surface area is 342 Å². The van der Waals surface area contributed by atoms with E-state index in [1.807, 2.05) is 11.3 Å². The van der Waals surface area contributed by atoms with Crippen LogP contribution in [0.2, 0.25) is 0 Å². The van der Waals surface area contributed by atoms with Crippen LogP contribution in [0.5, 0.6) is 0 Å². The molecule has 0 amide bonds. The smallest absolute Gasteiger partial charge is 0.180 e. The van der Waals surface area contributed by atoms with Gasteiger partial charge in [0.05, 0.1) is 17.1 Å². The molecule has 2 nitrogen and oxygen atoms in total. The first-order valence-corrected chi connectivity index (χ1v) is 23.0. The minimum atomic E-state index is -2.92. The van der Waals surface area contributed by atoms with Gasteiger partial charge in [0.1, 0.15) is 0 Å². The largest absolute Gasteiger partial charge is 0.333 e. The van der Waals surface area contributed by atoms with Gasteiger partial charge in [-0.1, -0.05) is 158 Å². The first kappa shape index (κ1) is 33.4. The summed E-state index contributed by atoms with van der Waals surface area (Å²) in [6, 6.07) is 75.2. The summed E-state index contributed by atoms with van der Waals surface area (Å²) in [6.07, 6.45) is 5.90. The van der Waals surface area contributed by atoms with E-state index in [1.165, 1.54) is 90.9 Å². The molecule has 0 fully saturated rings. The number of benzene rings is 8. The van der Waals surface area contributed by atoms with Gasteiger partial charge in [-0.25, -0.2) is 0 Å². The SMILES string of the molecule is C1=CC([Si](c2ccccc2)(c2ccccc2)c2ccc(-n3c4ccccc4c4c5c(ccc43)sc3ccccc35)cc2)=C2c3ccccc3N(c3ccccc3)C2C1. The number of allylic oxidation sites excluding steroid dienone is 2. The van der Waals surface area contributed by atoms with Gasteiger partial charge in [0.25, 0.3) is 0 Å². The van der Waals surface area contributed by atoms with Crippen molar-refractivity contribution in [2.75, 3.05) is 4.90 Å². The predicted molar refractivity (Wildman–Crippen MR) is 251 cm³/mol. The van der Waals surface area contributed by atoms with Gasteiger partial charge in [-0.05, 0) is 87.3 Å². The molecule has 8 aromatic carbocycles. The molecule has 1 aliphatic carbocycles. The summed E-state index contributed by atoms with van der Waals surface area (Å²) in [5, 5.41) is 10.9. The Kier molecular flexibility index (Phi) is 7.59. The van der Waals surface area contributed by atoms with Crippen LogP contribution in [0.3, 0.4) is 0 Å². The lowest BCUT2D eigenvalue weighted by Crippen LogP contribution is -2.69. The van der Waals surface area contributed by atoms with E-state index in [9.17, 15) is 0 Å². The summed E-state index contributed by atoms with van der Waals surface area (Å²) in [5.74, 6) is 0. The standard InChI is InChI=1S/C54H38N2SSi/c1-4-17-37(18-5-1)55-45-26-13-10-23-42(45)52-47(55)28-16-30-51(52)58(39-19-6-2-7-20-39,40-21-8-3-9-22-40)41-33-31-38(32-34-41)56-46-27-14-11-24-43(46)53-48(56)35-36-50-54(53)44-25-12-15-29-49(44)57-50/h1-27,29-36,47H,28H2. The minimum absolute atomic E-state index is 0.195. The molecule has 1 aliphatic heterocycles. The van der Waals surface area contributed by atoms with E-state index >= 15 is 0 Å². The molecule has 58 heavy (non-hydrogen) atoms. The lowest BCUT2D eigenvalue weighted by atomic mass is 9.95. The Balaban J connectivity index is 1.12. The van der Waals surface area contributed by atoms with Crippen LogP contribution in [0.1, 0.15) is 12.0 Å². The zero-order valence-electron chi connectivity index (χ0n) is 31.8. The van der Waals surface area contributed by atoms with Crippen molar-refractivity contribution >= 4 is 93.9 Å². The predicted octanol–water partition coefficient (Wildman–Crippen LogP) is 12.1. The average molecular weight is 775 g/mol. The highest BCUT2D eigenvalue weighted by molar-refractivity contribution is 7.26. The lowest BCUT2D eigenvalue weighted by molar-refractivity contribution is 0.827. The van der Waals surface area contributed by atoms with Crippen molar-refractivity contribution < 1.29 is 0 Å². The molecule has 2 aromatic heterocycles. The molecule has 0 radical (unpaired) electrons. The van der Waals surface area contributed by atoms with E-state index in [4.69, 9.17) is 0 Å². The van der Waals surface area contributed by atoms with Crippen LogP contribution in [0.25, 0.3) is 53.2 Å². The number of hydrogen-bond acceptors (Lipinski definition) is 2. The monoisotopic (exact) mass is 774 g/mol. The highest BCUT2D eigenvalue weighted by Gasteiger charge is 2.48. The van der Waals surface area contributed by atoms with Crippen LogP contribution in [-0.4, -0.2) is 18.7 Å². The van der Waals surface area contributed by atoms with Crippen LogP contribution in [0.4, 0.5) is 11.4 Å². The zero-order valence-corrected chi connectivity index (χ0v) is 33.6. The van der Waals surface area contributed by atoms with E-state index in [1.54, 1.807) is 0 Å². The fraction of sp³-hybridized carbons (Fsp3) is 0.0370. The minimum Gasteiger partial charge on any atom is -0.333 e. The second kappa shape index (κ2) is 13.2. The number of fused-ring (bicyclic) bond motifs is 10. The number of nitrogens with zero attached hydrogens (tertiary/aromatic N) is 2. The molecule has 0 spiro atoms. The number of para-hydroxylation sites is 3. The molecular weight excluding hydrogens is 737 g/mol. The Morgan fingerprint density at radius 2 is 1.09 bits per heavy atom. The van der Waals surface area contributed by atoms with E-state index in [0.717, 1.165) is 6.42 Å². The van der Waals surface area contributed by atoms with Crippen LogP contribution in [-0.2, 0) is 0 Å². The first-order chi connectivity index (χ1) is 28.8. The molecule has 1 atom stereocenters. The molecule has 0 bridgehead atoms. The van der Waals surface area contributed by atoms with Crippen molar-refractivity contribution in [1.29, 1.82) is 0 Å². The van der Waals surface area contributed by atoms with Crippen molar-refractivity contribution in [2.24, 2.45) is 0 Å². The average Bonchev–Trinajstić information content (AvgIpc) is 3.96. The molecule has 0 saturated carbocycles. The summed E-state index contributed by atoms with van der Waals surface area (Å²) in [4.78, 5) is 2.59. The number of anilines is 2. The highest BCUT2D eigenvalue weighted by atomic mass is 32.1. The van der Waals surface area contributed by atoms with Crippen LogP contribution < -0.4 is 20.5 Å². The van der Waals surface area contributed by atoms with Gasteiger partial charge in [0, 0.05) is 53.6 Å². The maximum Gasteiger partial charge on any atom is 0.180 e. The normalized spacial score (nSPS) is 15.2. The zero-order chi connectivity index (χ0) is 38.2. The number of thiophene rings is 1. The number of aromatic nitrogens is 1. The summed E-state index contributed by atoms with van der Waals surface area (Å²) < 4.78 is 5.15.